The van der Waals surface area contributed by atoms with E-state index in [4.69, 9.17) is 9.72 Å². The first-order chi connectivity index (χ1) is 19.6. The maximum atomic E-state index is 12.1. The van der Waals surface area contributed by atoms with E-state index in [0.717, 1.165) is 60.7 Å². The zero-order valence-corrected chi connectivity index (χ0v) is 23.6. The van der Waals surface area contributed by atoms with E-state index in [0.29, 0.717) is 19.0 Å². The molecule has 0 aliphatic carbocycles. The molecule has 0 unspecified atom stereocenters. The smallest absolute Gasteiger partial charge is 0.319 e. The Kier molecular flexibility index (Phi) is 8.85. The van der Waals surface area contributed by atoms with Gasteiger partial charge in [0.1, 0.15) is 5.82 Å². The lowest BCUT2D eigenvalue weighted by atomic mass is 9.98. The lowest BCUT2D eigenvalue weighted by molar-refractivity contribution is -0.142. The Hall–Kier alpha value is -4.05. The second-order valence-corrected chi connectivity index (χ2v) is 10.3. The second kappa shape index (κ2) is 12.9. The molecule has 4 aromatic rings. The van der Waals surface area contributed by atoms with Crippen LogP contribution in [0.5, 0.6) is 0 Å². The molecule has 0 fully saturated rings. The van der Waals surface area contributed by atoms with Crippen molar-refractivity contribution < 1.29 is 9.53 Å². The van der Waals surface area contributed by atoms with Crippen LogP contribution in [0.15, 0.2) is 48.5 Å². The number of H-pyrrole nitrogens is 1. The van der Waals surface area contributed by atoms with Crippen molar-refractivity contribution in [3.8, 4) is 22.5 Å². The van der Waals surface area contributed by atoms with Crippen molar-refractivity contribution in [3.63, 3.8) is 0 Å². The van der Waals surface area contributed by atoms with Gasteiger partial charge in [0.2, 0.25) is 5.82 Å². The van der Waals surface area contributed by atoms with Gasteiger partial charge in [-0.1, -0.05) is 75.2 Å². The number of aromatic nitrogens is 6. The molecule has 0 spiro atoms. The van der Waals surface area contributed by atoms with Crippen molar-refractivity contribution in [2.75, 3.05) is 31.8 Å². The van der Waals surface area contributed by atoms with Crippen molar-refractivity contribution in [3.05, 3.63) is 65.6 Å². The number of tetrazole rings is 1. The highest BCUT2D eigenvalue weighted by atomic mass is 16.5. The van der Waals surface area contributed by atoms with Crippen molar-refractivity contribution in [2.45, 2.75) is 59.0 Å². The van der Waals surface area contributed by atoms with Crippen LogP contribution in [0.2, 0.25) is 0 Å². The van der Waals surface area contributed by atoms with Gasteiger partial charge in [0, 0.05) is 31.6 Å². The van der Waals surface area contributed by atoms with E-state index >= 15 is 0 Å². The lowest BCUT2D eigenvalue weighted by Gasteiger charge is -2.35. The molecule has 5 rings (SSSR count). The molecule has 10 heteroatoms. The fourth-order valence-electron chi connectivity index (χ4n) is 5.39. The molecular weight excluding hydrogens is 504 g/mol. The van der Waals surface area contributed by atoms with Gasteiger partial charge in [-0.25, -0.2) is 4.98 Å². The summed E-state index contributed by atoms with van der Waals surface area (Å²) in [5, 5.41) is 14.6. The quantitative estimate of drug-likeness (QED) is 0.203. The number of carbonyl (C=O) groups is 1. The third-order valence-electron chi connectivity index (χ3n) is 7.37. The van der Waals surface area contributed by atoms with E-state index in [2.05, 4.69) is 79.2 Å². The van der Waals surface area contributed by atoms with Gasteiger partial charge in [0.25, 0.3) is 0 Å². The Labute approximate surface area is 235 Å². The van der Waals surface area contributed by atoms with Crippen molar-refractivity contribution in [1.82, 2.24) is 35.1 Å². The van der Waals surface area contributed by atoms with Crippen LogP contribution in [0.4, 0.5) is 5.82 Å². The summed E-state index contributed by atoms with van der Waals surface area (Å²) in [5.74, 6) is 2.53. The van der Waals surface area contributed by atoms with E-state index in [1.807, 2.05) is 18.2 Å². The first kappa shape index (κ1) is 27.5. The zero-order chi connectivity index (χ0) is 27.9. The number of anilines is 1. The molecule has 0 bridgehead atoms. The van der Waals surface area contributed by atoms with E-state index in [1.54, 1.807) is 0 Å². The van der Waals surface area contributed by atoms with Crippen LogP contribution in [-0.4, -0.2) is 67.9 Å². The maximum Gasteiger partial charge on any atom is 0.319 e. The Balaban J connectivity index is 1.45. The lowest BCUT2D eigenvalue weighted by Crippen LogP contribution is -2.45. The summed E-state index contributed by atoms with van der Waals surface area (Å²) >= 11 is 0. The second-order valence-electron chi connectivity index (χ2n) is 10.3. The van der Waals surface area contributed by atoms with Crippen LogP contribution in [0, 0.1) is 0 Å². The van der Waals surface area contributed by atoms with Crippen molar-refractivity contribution in [2.24, 2.45) is 0 Å². The van der Waals surface area contributed by atoms with Crippen molar-refractivity contribution >= 4 is 11.8 Å². The number of imidazole rings is 1. The predicted molar refractivity (Wildman–Crippen MR) is 155 cm³/mol. The molecule has 0 saturated heterocycles. The Bertz CT molecular complexity index is 1400. The zero-order valence-electron chi connectivity index (χ0n) is 23.6. The molecule has 0 atom stereocenters. The molecule has 0 radical (unpaired) electrons. The molecule has 2 aromatic heterocycles. The van der Waals surface area contributed by atoms with E-state index in [9.17, 15) is 4.79 Å². The van der Waals surface area contributed by atoms with E-state index < -0.39 is 0 Å². The Morgan fingerprint density at radius 2 is 1.82 bits per heavy atom. The molecule has 1 N–H and O–H groups in total. The van der Waals surface area contributed by atoms with Crippen LogP contribution >= 0.6 is 0 Å². The molecule has 0 saturated carbocycles. The summed E-state index contributed by atoms with van der Waals surface area (Å²) in [6, 6.07) is 16.8. The number of aryl methyl sites for hydroxylation is 1. The number of unbranched alkanes of at least 4 members (excludes halogenated alkanes) is 2. The highest BCUT2D eigenvalue weighted by Crippen LogP contribution is 2.32. The topological polar surface area (TPSA) is 105 Å². The average Bonchev–Trinajstić information content (AvgIpc) is 3.63. The van der Waals surface area contributed by atoms with E-state index in [-0.39, 0.29) is 12.5 Å². The van der Waals surface area contributed by atoms with Gasteiger partial charge >= 0.3 is 5.97 Å². The monoisotopic (exact) mass is 542 g/mol. The van der Waals surface area contributed by atoms with Gasteiger partial charge in [-0.3, -0.25) is 9.69 Å². The minimum atomic E-state index is -0.217. The molecule has 1 aliphatic rings. The molecule has 1 aliphatic heterocycles. The number of fused-ring (bicyclic) bond motifs is 1. The number of ether oxygens (including phenoxy) is 1. The predicted octanol–water partition coefficient (Wildman–Crippen LogP) is 4.67. The van der Waals surface area contributed by atoms with Crippen LogP contribution < -0.4 is 4.90 Å². The van der Waals surface area contributed by atoms with Crippen LogP contribution in [-0.2, 0) is 29.0 Å². The fourth-order valence-corrected chi connectivity index (χ4v) is 5.39. The summed E-state index contributed by atoms with van der Waals surface area (Å²) in [5.41, 5.74) is 5.46. The molecule has 0 amide bonds. The summed E-state index contributed by atoms with van der Waals surface area (Å²) in [7, 11) is 1.45. The number of hydrogen-bond acceptors (Lipinski definition) is 8. The molecule has 40 heavy (non-hydrogen) atoms. The molecule has 210 valence electrons. The number of hydrogen-bond donors (Lipinski definition) is 1. The third kappa shape index (κ3) is 6.07. The summed E-state index contributed by atoms with van der Waals surface area (Å²) < 4.78 is 7.35. The fraction of sp³-hybridized carbons (Fsp3) is 0.433. The van der Waals surface area contributed by atoms with Gasteiger partial charge < -0.3 is 14.2 Å². The first-order valence-corrected chi connectivity index (χ1v) is 14.2. The van der Waals surface area contributed by atoms with Crippen LogP contribution in [0.25, 0.3) is 22.5 Å². The SMILES string of the molecule is CCCCCc1nc2c(n1Cc1ccc(-c3ccccc3-c3nn[nH]n3)cc1)CN(CC(=O)OC)CN2CCC. The van der Waals surface area contributed by atoms with Crippen molar-refractivity contribution in [1.29, 1.82) is 0 Å². The standard InChI is InChI=1S/C30H38N8O2/c1-4-6-7-12-27-31-30-26(19-36(20-28(39)40-3)21-37(30)17-5-2)38(27)18-22-13-15-23(16-14-22)24-10-8-9-11-25(24)29-32-34-35-33-29/h8-11,13-16H,4-7,12,17-21H2,1-3H3,(H,32,33,34,35). The van der Waals surface area contributed by atoms with Gasteiger partial charge in [0.05, 0.1) is 26.0 Å². The number of benzene rings is 2. The largest absolute Gasteiger partial charge is 0.468 e. The number of aromatic amines is 1. The molecule has 3 heterocycles. The van der Waals surface area contributed by atoms with Crippen LogP contribution in [0.1, 0.15) is 56.6 Å². The van der Waals surface area contributed by atoms with E-state index in [1.165, 1.54) is 31.2 Å². The average molecular weight is 543 g/mol. The van der Waals surface area contributed by atoms with Gasteiger partial charge in [-0.2, -0.15) is 5.21 Å². The number of rotatable bonds is 12. The Morgan fingerprint density at radius 1 is 1.02 bits per heavy atom. The number of nitrogens with one attached hydrogen (secondary N) is 1. The minimum Gasteiger partial charge on any atom is -0.468 e. The highest BCUT2D eigenvalue weighted by molar-refractivity contribution is 5.80. The minimum absolute atomic E-state index is 0.217. The number of nitrogens with zero attached hydrogens (tertiary/aromatic N) is 7. The molecular formula is C30H38N8O2. The van der Waals surface area contributed by atoms with Crippen LogP contribution in [0.3, 0.4) is 0 Å². The molecule has 2 aromatic carbocycles. The first-order valence-electron chi connectivity index (χ1n) is 14.2. The highest BCUT2D eigenvalue weighted by Gasteiger charge is 2.30. The maximum absolute atomic E-state index is 12.1. The van der Waals surface area contributed by atoms with Gasteiger partial charge in [-0.05, 0) is 34.7 Å². The third-order valence-corrected chi connectivity index (χ3v) is 7.37. The number of esters is 1. The summed E-state index contributed by atoms with van der Waals surface area (Å²) in [4.78, 5) is 21.8. The Morgan fingerprint density at radius 3 is 2.52 bits per heavy atom. The molecule has 10 nitrogen and oxygen atoms in total. The number of methoxy groups -OCH3 is 1. The number of carbonyl (C=O) groups excluding carboxylic acids is 1. The summed E-state index contributed by atoms with van der Waals surface area (Å²) in [6.45, 7) is 7.63. The normalized spacial score (nSPS) is 13.4. The van der Waals surface area contributed by atoms with Gasteiger partial charge in [-0.15, -0.1) is 10.2 Å². The summed E-state index contributed by atoms with van der Waals surface area (Å²) in [6.07, 6.45) is 5.41. The van der Waals surface area contributed by atoms with Gasteiger partial charge in [0.15, 0.2) is 5.82 Å².